The number of benzene rings is 2. The number of esters is 3. The number of ether oxygens (including phenoxy) is 33. The minimum absolute atomic E-state index is 0.227. The van der Waals surface area contributed by atoms with E-state index in [9.17, 15) is 14.4 Å². The monoisotopic (exact) mass is 2040 g/mol. The van der Waals surface area contributed by atoms with Crippen LogP contribution in [-0.2, 0) is 171 Å². The maximum absolute atomic E-state index is 11.6. The number of hydrogen-bond donors (Lipinski definition) is 3. The van der Waals surface area contributed by atoms with Crippen molar-refractivity contribution in [2.24, 2.45) is 15.7 Å². The van der Waals surface area contributed by atoms with Gasteiger partial charge in [-0.25, -0.2) is 4.99 Å². The van der Waals surface area contributed by atoms with Crippen LogP contribution in [0.1, 0.15) is 92.7 Å². The summed E-state index contributed by atoms with van der Waals surface area (Å²) in [7, 11) is 0. The van der Waals surface area contributed by atoms with E-state index in [1.807, 2.05) is 68.4 Å². The van der Waals surface area contributed by atoms with Gasteiger partial charge in [0.05, 0.1) is 457 Å². The van der Waals surface area contributed by atoms with Crippen LogP contribution < -0.4 is 16.4 Å². The Balaban J connectivity index is 0.00000210. The van der Waals surface area contributed by atoms with Crippen LogP contribution in [0, 0.1) is 22.7 Å². The van der Waals surface area contributed by atoms with Gasteiger partial charge in [-0.05, 0) is 111 Å². The normalized spacial score (nSPS) is 11.4. The molecule has 2 aromatic carbocycles. The van der Waals surface area contributed by atoms with Crippen molar-refractivity contribution in [2.75, 3.05) is 421 Å². The predicted octanol–water partition coefficient (Wildman–Crippen LogP) is 6.85. The highest BCUT2D eigenvalue weighted by atomic mass is 32.1. The van der Waals surface area contributed by atoms with Gasteiger partial charge in [-0.3, -0.25) is 14.4 Å². The number of rotatable bonds is 100. The van der Waals surface area contributed by atoms with Gasteiger partial charge < -0.3 is 173 Å². The molecule has 0 radical (unpaired) electrons. The minimum atomic E-state index is -0.478. The van der Waals surface area contributed by atoms with Crippen molar-refractivity contribution in [2.45, 2.75) is 98.4 Å². The molecule has 0 heterocycles. The molecule has 0 saturated heterocycles. The van der Waals surface area contributed by atoms with Crippen LogP contribution >= 0.6 is 12.2 Å². The number of carbonyl (C=O) groups is 3. The molecule has 816 valence electrons. The molecule has 0 aromatic heterocycles. The predicted molar refractivity (Wildman–Crippen MR) is 526 cm³/mol. The van der Waals surface area contributed by atoms with E-state index in [2.05, 4.69) is 38.8 Å². The first-order valence-corrected chi connectivity index (χ1v) is 48.9. The molecule has 0 amide bonds. The number of hydrogen-bond acceptors (Lipinski definition) is 42. The molecular formula is C97H171N7O36S. The number of nitrogens with zero attached hydrogens (tertiary/aromatic N) is 4. The SMILES string of the molecule is CC(C)(C)OC(=O)CCOCCOCCOCCOCCOCCOCCOCCOCCOCCOCCN.CC(C)(C)OC(=O)CCOCCOCCOCCOCCOCCOCCOCCOCCOCCOCCN=C=Nc1cccc(C#N)c1.CC(C)(C)OC(=O)CCOCCOCCOCCOCCOCCOCCOCCOCCOCCOCCNC(=S)Nc1cccc(C#N)c1. The van der Waals surface area contributed by atoms with Gasteiger partial charge in [0.1, 0.15) is 16.8 Å². The van der Waals surface area contributed by atoms with E-state index in [1.165, 1.54) is 0 Å². The number of carbonyl (C=O) groups excluding carboxylic acids is 3. The second-order valence-electron chi connectivity index (χ2n) is 32.0. The van der Waals surface area contributed by atoms with Crippen LogP contribution in [0.25, 0.3) is 0 Å². The maximum Gasteiger partial charge on any atom is 0.308 e. The van der Waals surface area contributed by atoms with Gasteiger partial charge in [-0.15, -0.1) is 0 Å². The van der Waals surface area contributed by atoms with Crippen molar-refractivity contribution in [1.82, 2.24) is 5.32 Å². The smallest absolute Gasteiger partial charge is 0.308 e. The molecule has 0 fully saturated rings. The summed E-state index contributed by atoms with van der Waals surface area (Å²) < 4.78 is 179. The van der Waals surface area contributed by atoms with E-state index in [0.29, 0.717) is 438 Å². The molecule has 0 spiro atoms. The van der Waals surface area contributed by atoms with Gasteiger partial charge in [0, 0.05) is 18.8 Å². The third kappa shape index (κ3) is 112. The van der Waals surface area contributed by atoms with E-state index in [0.717, 1.165) is 5.69 Å². The Hall–Kier alpha value is -6.34. The van der Waals surface area contributed by atoms with Crippen LogP contribution in [0.4, 0.5) is 11.4 Å². The molecule has 0 bridgehead atoms. The Kier molecular flexibility index (Phi) is 100. The number of thiocarbonyl (C=S) groups is 1. The Labute approximate surface area is 842 Å². The van der Waals surface area contributed by atoms with Crippen LogP contribution in [0.2, 0.25) is 0 Å². The number of nitriles is 2. The zero-order chi connectivity index (χ0) is 103. The van der Waals surface area contributed by atoms with Crippen LogP contribution in [0.15, 0.2) is 58.5 Å². The van der Waals surface area contributed by atoms with Crippen LogP contribution in [0.5, 0.6) is 0 Å². The summed E-state index contributed by atoms with van der Waals surface area (Å²) in [6.07, 6.45) is 0.689. The van der Waals surface area contributed by atoms with Crippen molar-refractivity contribution < 1.29 is 171 Å². The molecule has 141 heavy (non-hydrogen) atoms. The van der Waals surface area contributed by atoms with Gasteiger partial charge in [0.15, 0.2) is 5.11 Å². The molecule has 0 unspecified atom stereocenters. The third-order valence-corrected chi connectivity index (χ3v) is 16.5. The number of aliphatic imine (C=N–C) groups is 2. The van der Waals surface area contributed by atoms with E-state index >= 15 is 0 Å². The van der Waals surface area contributed by atoms with Crippen molar-refractivity contribution in [3.05, 3.63) is 59.7 Å². The molecule has 0 aliphatic rings. The summed E-state index contributed by atoms with van der Waals surface area (Å²) in [4.78, 5) is 42.8. The molecule has 0 atom stereocenters. The third-order valence-electron chi connectivity index (χ3n) is 16.3. The second kappa shape index (κ2) is 105. The summed E-state index contributed by atoms with van der Waals surface area (Å²) in [6.45, 7) is 46.5. The standard InChI is InChI=1S/C35H59N3O12S.C35H57N3O12.C27H55NO12/c1-35(2,3)50-33(39)7-9-40-11-13-42-15-17-44-19-21-46-23-25-48-27-28-49-26-24-47-22-20-45-18-16-43-14-12-41-10-8-37-34(51)38-32-6-4-5-31(29-32)30-36;1-35(2,3)50-34(39)7-9-40-11-13-42-15-17-44-19-21-46-23-25-48-27-28-49-26-24-47-22-20-45-18-16-43-14-12-41-10-8-37-31-38-33-6-4-5-32(29-33)30-36;1-27(2,3)40-26(29)4-6-30-8-10-32-12-14-34-16-18-36-20-22-38-24-25-39-23-21-37-19-17-35-15-13-33-11-9-31-7-5-28/h4-6,29H,7-28H2,1-3H3,(H2,37,38,51);4-6,29H,7-28H2,1-3H3;4-25,28H2,1-3H3. The topological polar surface area (TPSA) is 478 Å². The molecule has 2 rings (SSSR count). The average molecular weight is 2040 g/mol. The zero-order valence-electron chi connectivity index (χ0n) is 85.8. The maximum atomic E-state index is 11.6. The fraction of sp³-hybridized carbons (Fsp3) is 0.804. The van der Waals surface area contributed by atoms with E-state index < -0.39 is 16.8 Å². The summed E-state index contributed by atoms with van der Waals surface area (Å²) >= 11 is 5.24. The zero-order valence-corrected chi connectivity index (χ0v) is 86.6. The molecule has 44 heteroatoms. The largest absolute Gasteiger partial charge is 0.460 e. The molecule has 0 aliphatic carbocycles. The number of anilines is 1. The lowest BCUT2D eigenvalue weighted by Gasteiger charge is -2.19. The van der Waals surface area contributed by atoms with Crippen LogP contribution in [-0.4, -0.2) is 462 Å². The van der Waals surface area contributed by atoms with Crippen LogP contribution in [0.3, 0.4) is 0 Å². The molecule has 0 saturated carbocycles. The number of nitrogens with two attached hydrogens (primary N) is 1. The van der Waals surface area contributed by atoms with Gasteiger partial charge in [-0.2, -0.15) is 15.5 Å². The number of nitrogens with one attached hydrogen (secondary N) is 2. The highest BCUT2D eigenvalue weighted by Gasteiger charge is 2.19. The summed E-state index contributed by atoms with van der Waals surface area (Å²) in [5.74, 6) is -0.801. The first kappa shape index (κ1) is 135. The van der Waals surface area contributed by atoms with E-state index in [1.54, 1.807) is 42.5 Å². The lowest BCUT2D eigenvalue weighted by Crippen LogP contribution is -2.31. The van der Waals surface area contributed by atoms with Gasteiger partial charge in [0.25, 0.3) is 0 Å². The lowest BCUT2D eigenvalue weighted by molar-refractivity contribution is -0.157. The fourth-order valence-electron chi connectivity index (χ4n) is 9.95. The Morgan fingerprint density at radius 2 is 0.496 bits per heavy atom. The average Bonchev–Trinajstić information content (AvgIpc) is 0.911. The fourth-order valence-corrected chi connectivity index (χ4v) is 10.2. The summed E-state index contributed by atoms with van der Waals surface area (Å²) in [5.41, 5.74) is 6.40. The Morgan fingerprint density at radius 3 is 0.723 bits per heavy atom. The van der Waals surface area contributed by atoms with Gasteiger partial charge >= 0.3 is 17.9 Å². The highest BCUT2D eigenvalue weighted by molar-refractivity contribution is 7.80. The quantitative estimate of drug-likeness (QED) is 0.0200. The summed E-state index contributed by atoms with van der Waals surface area (Å²) in [5, 5.41) is 24.4. The Morgan fingerprint density at radius 1 is 0.291 bits per heavy atom. The molecule has 2 aromatic rings. The lowest BCUT2D eigenvalue weighted by atomic mass is 10.2. The highest BCUT2D eigenvalue weighted by Crippen LogP contribution is 2.14. The van der Waals surface area contributed by atoms with Gasteiger partial charge in [-0.1, -0.05) is 12.1 Å². The van der Waals surface area contributed by atoms with Gasteiger partial charge in [0.2, 0.25) is 0 Å². The van der Waals surface area contributed by atoms with E-state index in [-0.39, 0.29) is 37.2 Å². The first-order chi connectivity index (χ1) is 68.7. The molecule has 4 N–H and O–H groups in total. The first-order valence-electron chi connectivity index (χ1n) is 48.5. The van der Waals surface area contributed by atoms with Crippen molar-refractivity contribution in [3.8, 4) is 12.1 Å². The minimum Gasteiger partial charge on any atom is -0.460 e. The summed E-state index contributed by atoms with van der Waals surface area (Å²) in [6, 6.07) is 20.8. The van der Waals surface area contributed by atoms with Crippen molar-refractivity contribution in [1.29, 1.82) is 10.5 Å². The second-order valence-corrected chi connectivity index (χ2v) is 32.4. The molecule has 0 aliphatic heterocycles. The Bertz CT molecular complexity index is 3270. The van der Waals surface area contributed by atoms with E-state index in [4.69, 9.17) is 185 Å². The van der Waals surface area contributed by atoms with Crippen molar-refractivity contribution >= 4 is 52.6 Å². The molecular weight excluding hydrogens is 1870 g/mol. The van der Waals surface area contributed by atoms with Crippen molar-refractivity contribution in [3.63, 3.8) is 0 Å². The molecule has 43 nitrogen and oxygen atoms in total.